The summed E-state index contributed by atoms with van der Waals surface area (Å²) >= 11 is 1.54. The molecule has 0 atom stereocenters. The molecule has 2 rings (SSSR count). The summed E-state index contributed by atoms with van der Waals surface area (Å²) in [7, 11) is 0. The van der Waals surface area contributed by atoms with Crippen molar-refractivity contribution < 1.29 is 9.59 Å². The van der Waals surface area contributed by atoms with Gasteiger partial charge in [0.25, 0.3) is 0 Å². The SMILES string of the molecule is Cc1ncc(C=CC(=O)NCc2cccc(NC(=O)C(C)C)c2)s1. The number of nitrogens with one attached hydrogen (secondary N) is 2. The number of carbonyl (C=O) groups excluding carboxylic acids is 2. The summed E-state index contributed by atoms with van der Waals surface area (Å²) in [5.41, 5.74) is 1.66. The van der Waals surface area contributed by atoms with E-state index in [0.717, 1.165) is 21.1 Å². The Hall–Kier alpha value is -2.47. The number of hydrogen-bond acceptors (Lipinski definition) is 4. The van der Waals surface area contributed by atoms with E-state index in [1.165, 1.54) is 17.4 Å². The maximum absolute atomic E-state index is 11.9. The average molecular weight is 343 g/mol. The Morgan fingerprint density at radius 3 is 2.79 bits per heavy atom. The van der Waals surface area contributed by atoms with Gasteiger partial charge in [-0.15, -0.1) is 11.3 Å². The molecule has 0 saturated carbocycles. The van der Waals surface area contributed by atoms with Crippen LogP contribution in [0.25, 0.3) is 6.08 Å². The van der Waals surface area contributed by atoms with Crippen molar-refractivity contribution in [3.05, 3.63) is 52.0 Å². The van der Waals surface area contributed by atoms with Gasteiger partial charge >= 0.3 is 0 Å². The predicted octanol–water partition coefficient (Wildman–Crippen LogP) is 3.38. The second-order valence-electron chi connectivity index (χ2n) is 5.68. The highest BCUT2D eigenvalue weighted by Crippen LogP contribution is 2.13. The summed E-state index contributed by atoms with van der Waals surface area (Å²) in [6.45, 7) is 6.01. The molecule has 0 radical (unpaired) electrons. The fourth-order valence-corrected chi connectivity index (χ4v) is 2.59. The fourth-order valence-electron chi connectivity index (χ4n) is 1.91. The molecular weight excluding hydrogens is 322 g/mol. The molecule has 0 spiro atoms. The lowest BCUT2D eigenvalue weighted by atomic mass is 10.1. The second kappa shape index (κ2) is 8.40. The number of anilines is 1. The fraction of sp³-hybridized carbons (Fsp3) is 0.278. The average Bonchev–Trinajstić information content (AvgIpc) is 2.96. The monoisotopic (exact) mass is 343 g/mol. The van der Waals surface area contributed by atoms with E-state index in [4.69, 9.17) is 0 Å². The number of aryl methyl sites for hydroxylation is 1. The standard InChI is InChI=1S/C18H21N3O2S/c1-12(2)18(23)21-15-6-4-5-14(9-15)10-20-17(22)8-7-16-11-19-13(3)24-16/h4-9,11-12H,10H2,1-3H3,(H,20,22)(H,21,23). The molecular formula is C18H21N3O2S. The summed E-state index contributed by atoms with van der Waals surface area (Å²) < 4.78 is 0. The minimum atomic E-state index is -0.169. The van der Waals surface area contributed by atoms with Crippen LogP contribution in [0.15, 0.2) is 36.5 Å². The van der Waals surface area contributed by atoms with Crippen LogP contribution in [-0.2, 0) is 16.1 Å². The molecule has 6 heteroatoms. The van der Waals surface area contributed by atoms with Crippen molar-refractivity contribution in [2.24, 2.45) is 5.92 Å². The maximum atomic E-state index is 11.9. The largest absolute Gasteiger partial charge is 0.348 e. The number of rotatable bonds is 6. The molecule has 0 bridgehead atoms. The van der Waals surface area contributed by atoms with Gasteiger partial charge in [0.05, 0.1) is 5.01 Å². The van der Waals surface area contributed by atoms with Gasteiger partial charge in [-0.1, -0.05) is 26.0 Å². The number of nitrogens with zero attached hydrogens (tertiary/aromatic N) is 1. The smallest absolute Gasteiger partial charge is 0.244 e. The number of hydrogen-bond donors (Lipinski definition) is 2. The molecule has 2 amide bonds. The van der Waals surface area contributed by atoms with Gasteiger partial charge in [0, 0.05) is 35.3 Å². The zero-order chi connectivity index (χ0) is 17.5. The zero-order valence-electron chi connectivity index (χ0n) is 14.0. The van der Waals surface area contributed by atoms with E-state index >= 15 is 0 Å². The van der Waals surface area contributed by atoms with E-state index in [2.05, 4.69) is 15.6 Å². The number of thiazole rings is 1. The van der Waals surface area contributed by atoms with Crippen LogP contribution < -0.4 is 10.6 Å². The first-order valence-corrected chi connectivity index (χ1v) is 8.54. The van der Waals surface area contributed by atoms with Crippen molar-refractivity contribution in [1.82, 2.24) is 10.3 Å². The van der Waals surface area contributed by atoms with Crippen molar-refractivity contribution in [3.63, 3.8) is 0 Å². The molecule has 126 valence electrons. The molecule has 1 aromatic heterocycles. The molecule has 0 aliphatic rings. The van der Waals surface area contributed by atoms with Crippen LogP contribution in [0.5, 0.6) is 0 Å². The van der Waals surface area contributed by atoms with E-state index in [0.29, 0.717) is 6.54 Å². The highest BCUT2D eigenvalue weighted by molar-refractivity contribution is 7.12. The zero-order valence-corrected chi connectivity index (χ0v) is 14.8. The third-order valence-corrected chi connectivity index (χ3v) is 4.10. The molecule has 2 N–H and O–H groups in total. The van der Waals surface area contributed by atoms with Gasteiger partial charge in [-0.2, -0.15) is 0 Å². The molecule has 2 aromatic rings. The molecule has 1 heterocycles. The lowest BCUT2D eigenvalue weighted by Gasteiger charge is -2.09. The number of aromatic nitrogens is 1. The first-order chi connectivity index (χ1) is 11.4. The van der Waals surface area contributed by atoms with Gasteiger partial charge in [0.2, 0.25) is 11.8 Å². The normalized spacial score (nSPS) is 11.0. The Balaban J connectivity index is 1.88. The van der Waals surface area contributed by atoms with Gasteiger partial charge in [-0.05, 0) is 30.7 Å². The van der Waals surface area contributed by atoms with Crippen LogP contribution in [-0.4, -0.2) is 16.8 Å². The van der Waals surface area contributed by atoms with Crippen LogP contribution in [0.2, 0.25) is 0 Å². The Bertz CT molecular complexity index is 750. The topological polar surface area (TPSA) is 71.1 Å². The molecule has 0 aliphatic carbocycles. The minimum absolute atomic E-state index is 0.0287. The first kappa shape index (κ1) is 17.9. The van der Waals surface area contributed by atoms with Crippen LogP contribution >= 0.6 is 11.3 Å². The lowest BCUT2D eigenvalue weighted by Crippen LogP contribution is -2.21. The third-order valence-electron chi connectivity index (χ3n) is 3.22. The van der Waals surface area contributed by atoms with Crippen molar-refractivity contribution >= 4 is 34.9 Å². The van der Waals surface area contributed by atoms with Gasteiger partial charge in [0.15, 0.2) is 0 Å². The Morgan fingerprint density at radius 1 is 1.33 bits per heavy atom. The van der Waals surface area contributed by atoms with Crippen molar-refractivity contribution in [2.45, 2.75) is 27.3 Å². The number of carbonyl (C=O) groups is 2. The lowest BCUT2D eigenvalue weighted by molar-refractivity contribution is -0.119. The molecule has 5 nitrogen and oxygen atoms in total. The van der Waals surface area contributed by atoms with Gasteiger partial charge < -0.3 is 10.6 Å². The van der Waals surface area contributed by atoms with Crippen molar-refractivity contribution in [2.75, 3.05) is 5.32 Å². The Kier molecular flexibility index (Phi) is 6.26. The van der Waals surface area contributed by atoms with Gasteiger partial charge in [0.1, 0.15) is 0 Å². The maximum Gasteiger partial charge on any atom is 0.244 e. The number of benzene rings is 1. The first-order valence-electron chi connectivity index (χ1n) is 7.72. The van der Waals surface area contributed by atoms with Crippen LogP contribution in [0.3, 0.4) is 0 Å². The second-order valence-corrected chi connectivity index (χ2v) is 6.94. The van der Waals surface area contributed by atoms with Crippen LogP contribution in [0.4, 0.5) is 5.69 Å². The molecule has 1 aromatic carbocycles. The summed E-state index contributed by atoms with van der Waals surface area (Å²) in [4.78, 5) is 28.7. The minimum Gasteiger partial charge on any atom is -0.348 e. The molecule has 0 fully saturated rings. The van der Waals surface area contributed by atoms with E-state index < -0.39 is 0 Å². The van der Waals surface area contributed by atoms with Gasteiger partial charge in [-0.3, -0.25) is 9.59 Å². The summed E-state index contributed by atoms with van der Waals surface area (Å²) in [6, 6.07) is 7.45. The summed E-state index contributed by atoms with van der Waals surface area (Å²) in [5, 5.41) is 6.64. The quantitative estimate of drug-likeness (QED) is 0.790. The van der Waals surface area contributed by atoms with Crippen molar-refractivity contribution in [3.8, 4) is 0 Å². The third kappa shape index (κ3) is 5.62. The Morgan fingerprint density at radius 2 is 2.12 bits per heavy atom. The summed E-state index contributed by atoms with van der Waals surface area (Å²) in [6.07, 6.45) is 4.99. The Labute approximate surface area is 145 Å². The van der Waals surface area contributed by atoms with E-state index in [-0.39, 0.29) is 17.7 Å². The highest BCUT2D eigenvalue weighted by Gasteiger charge is 2.07. The van der Waals surface area contributed by atoms with E-state index in [1.807, 2.05) is 45.0 Å². The molecule has 0 saturated heterocycles. The molecule has 24 heavy (non-hydrogen) atoms. The molecule has 0 unspecified atom stereocenters. The predicted molar refractivity (Wildman–Crippen MR) is 97.6 cm³/mol. The van der Waals surface area contributed by atoms with Crippen molar-refractivity contribution in [1.29, 1.82) is 0 Å². The van der Waals surface area contributed by atoms with E-state index in [1.54, 1.807) is 12.3 Å². The number of amides is 2. The highest BCUT2D eigenvalue weighted by atomic mass is 32.1. The van der Waals surface area contributed by atoms with Crippen LogP contribution in [0, 0.1) is 12.8 Å². The van der Waals surface area contributed by atoms with Crippen LogP contribution in [0.1, 0.15) is 29.3 Å². The summed E-state index contributed by atoms with van der Waals surface area (Å²) in [5.74, 6) is -0.273. The van der Waals surface area contributed by atoms with Gasteiger partial charge in [-0.25, -0.2) is 4.98 Å². The van der Waals surface area contributed by atoms with E-state index in [9.17, 15) is 9.59 Å². The molecule has 0 aliphatic heterocycles.